The number of aromatic nitrogens is 1. The molecule has 0 spiro atoms. The van der Waals surface area contributed by atoms with Gasteiger partial charge in [-0.25, -0.2) is 4.79 Å². The highest BCUT2D eigenvalue weighted by Crippen LogP contribution is 2.32. The first kappa shape index (κ1) is 15.9. The zero-order valence-electron chi connectivity index (χ0n) is 12.1. The molecular weight excluding hydrogens is 297 g/mol. The van der Waals surface area contributed by atoms with Crippen molar-refractivity contribution in [2.45, 2.75) is 13.1 Å². The molecule has 1 aromatic carbocycles. The Bertz CT molecular complexity index is 688. The highest BCUT2D eigenvalue weighted by Gasteiger charge is 2.30. The van der Waals surface area contributed by atoms with Gasteiger partial charge in [-0.1, -0.05) is 12.1 Å². The summed E-state index contributed by atoms with van der Waals surface area (Å²) in [7, 11) is 1.63. The number of benzene rings is 1. The first-order valence-corrected chi connectivity index (χ1v) is 6.55. The molecule has 0 aliphatic heterocycles. The smallest absolute Gasteiger partial charge is 0.416 e. The van der Waals surface area contributed by atoms with E-state index in [2.05, 4.69) is 0 Å². The maximum Gasteiger partial charge on any atom is 0.416 e. The average Bonchev–Trinajstić information content (AvgIpc) is 2.75. The van der Waals surface area contributed by atoms with Crippen molar-refractivity contribution in [1.82, 2.24) is 4.57 Å². The summed E-state index contributed by atoms with van der Waals surface area (Å²) in [5, 5.41) is 0. The summed E-state index contributed by atoms with van der Waals surface area (Å²) in [5.41, 5.74) is 6.38. The molecule has 2 N–H and O–H groups in total. The Morgan fingerprint density at radius 2 is 1.86 bits per heavy atom. The van der Waals surface area contributed by atoms with Crippen LogP contribution in [-0.4, -0.2) is 17.1 Å². The van der Waals surface area contributed by atoms with Crippen LogP contribution in [0.1, 0.15) is 22.8 Å². The molecule has 0 saturated heterocycles. The predicted octanol–water partition coefficient (Wildman–Crippen LogP) is 3.47. The second-order valence-corrected chi connectivity index (χ2v) is 4.68. The molecule has 2 aromatic rings. The van der Waals surface area contributed by atoms with Gasteiger partial charge in [0.1, 0.15) is 11.4 Å². The Labute approximate surface area is 125 Å². The summed E-state index contributed by atoms with van der Waals surface area (Å²) in [6.45, 7) is 1.89. The van der Waals surface area contributed by atoms with Gasteiger partial charge < -0.3 is 15.0 Å². The number of halogens is 3. The van der Waals surface area contributed by atoms with E-state index in [-0.39, 0.29) is 18.0 Å². The fourth-order valence-electron chi connectivity index (χ4n) is 2.10. The number of ether oxygens (including phenoxy) is 1. The third-order valence-electron chi connectivity index (χ3n) is 3.28. The number of esters is 1. The molecule has 0 fully saturated rings. The van der Waals surface area contributed by atoms with Crippen molar-refractivity contribution in [1.29, 1.82) is 0 Å². The lowest BCUT2D eigenvalue weighted by molar-refractivity contribution is -0.137. The van der Waals surface area contributed by atoms with Crippen LogP contribution in [0.25, 0.3) is 11.3 Å². The molecule has 0 radical (unpaired) electrons. The number of hydrogen-bond acceptors (Lipinski definition) is 3. The number of rotatable bonds is 3. The summed E-state index contributed by atoms with van der Waals surface area (Å²) in [6.07, 6.45) is -4.39. The average molecular weight is 312 g/mol. The molecule has 2 rings (SSSR count). The lowest BCUT2D eigenvalue weighted by Crippen LogP contribution is -2.07. The molecule has 1 heterocycles. The highest BCUT2D eigenvalue weighted by molar-refractivity contribution is 5.96. The van der Waals surface area contributed by atoms with Crippen molar-refractivity contribution in [2.24, 2.45) is 7.05 Å². The molecule has 1 aromatic heterocycles. The molecule has 22 heavy (non-hydrogen) atoms. The van der Waals surface area contributed by atoms with Crippen molar-refractivity contribution < 1.29 is 22.7 Å². The van der Waals surface area contributed by atoms with Gasteiger partial charge in [0.05, 0.1) is 17.9 Å². The van der Waals surface area contributed by atoms with E-state index in [0.29, 0.717) is 11.3 Å². The van der Waals surface area contributed by atoms with Crippen LogP contribution in [0.4, 0.5) is 19.0 Å². The second-order valence-electron chi connectivity index (χ2n) is 4.68. The van der Waals surface area contributed by atoms with Crippen LogP contribution in [0.2, 0.25) is 0 Å². The molecule has 0 aliphatic carbocycles. The van der Waals surface area contributed by atoms with Gasteiger partial charge in [0.2, 0.25) is 0 Å². The number of anilines is 1. The Morgan fingerprint density at radius 3 is 2.36 bits per heavy atom. The summed E-state index contributed by atoms with van der Waals surface area (Å²) >= 11 is 0. The van der Waals surface area contributed by atoms with Gasteiger partial charge in [-0.3, -0.25) is 0 Å². The van der Waals surface area contributed by atoms with Gasteiger partial charge in [0.25, 0.3) is 0 Å². The van der Waals surface area contributed by atoms with Gasteiger partial charge in [-0.2, -0.15) is 13.2 Å². The Morgan fingerprint density at radius 1 is 1.27 bits per heavy atom. The largest absolute Gasteiger partial charge is 0.462 e. The Kier molecular flexibility index (Phi) is 4.16. The van der Waals surface area contributed by atoms with Crippen LogP contribution in [0.5, 0.6) is 0 Å². The van der Waals surface area contributed by atoms with E-state index in [1.165, 1.54) is 22.8 Å². The quantitative estimate of drug-likeness (QED) is 0.883. The van der Waals surface area contributed by atoms with E-state index in [1.807, 2.05) is 0 Å². The molecule has 118 valence electrons. The lowest BCUT2D eigenvalue weighted by atomic mass is 10.1. The van der Waals surface area contributed by atoms with Gasteiger partial charge in [-0.05, 0) is 30.7 Å². The van der Waals surface area contributed by atoms with Gasteiger partial charge in [0, 0.05) is 7.05 Å². The van der Waals surface area contributed by atoms with E-state index < -0.39 is 17.7 Å². The van der Waals surface area contributed by atoms with Crippen molar-refractivity contribution in [3.05, 3.63) is 41.5 Å². The van der Waals surface area contributed by atoms with Crippen LogP contribution in [0.3, 0.4) is 0 Å². The fraction of sp³-hybridized carbons (Fsp3) is 0.267. The number of hydrogen-bond donors (Lipinski definition) is 1. The Balaban J connectivity index is 2.41. The summed E-state index contributed by atoms with van der Waals surface area (Å²) < 4.78 is 44.2. The summed E-state index contributed by atoms with van der Waals surface area (Å²) in [4.78, 5) is 11.8. The molecule has 0 amide bonds. The number of carbonyl (C=O) groups excluding carboxylic acids is 1. The minimum Gasteiger partial charge on any atom is -0.462 e. The normalized spacial score (nSPS) is 11.5. The molecule has 0 atom stereocenters. The first-order chi connectivity index (χ1) is 10.3. The van der Waals surface area contributed by atoms with Crippen LogP contribution >= 0.6 is 0 Å². The predicted molar refractivity (Wildman–Crippen MR) is 76.2 cm³/mol. The third kappa shape index (κ3) is 2.93. The van der Waals surface area contributed by atoms with E-state index >= 15 is 0 Å². The van der Waals surface area contributed by atoms with Crippen LogP contribution in [-0.2, 0) is 18.0 Å². The first-order valence-electron chi connectivity index (χ1n) is 6.55. The maximum absolute atomic E-state index is 12.6. The number of alkyl halides is 3. The Hall–Kier alpha value is -2.44. The SMILES string of the molecule is CCOC(=O)c1cc(-c2ccc(C(F)(F)F)cc2)n(C)c1N. The van der Waals surface area contributed by atoms with Gasteiger partial charge in [-0.15, -0.1) is 0 Å². The third-order valence-corrected chi connectivity index (χ3v) is 3.28. The molecule has 0 saturated carbocycles. The molecule has 0 bridgehead atoms. The standard InChI is InChI=1S/C15H15F3N2O2/c1-3-22-14(21)11-8-12(20(2)13(11)19)9-4-6-10(7-5-9)15(16,17)18/h4-8H,3,19H2,1-2H3. The van der Waals surface area contributed by atoms with Crippen LogP contribution < -0.4 is 5.73 Å². The highest BCUT2D eigenvalue weighted by atomic mass is 19.4. The summed E-state index contributed by atoms with van der Waals surface area (Å²) in [5.74, 6) is -0.359. The van der Waals surface area contributed by atoms with Crippen molar-refractivity contribution in [3.63, 3.8) is 0 Å². The molecule has 0 aliphatic rings. The molecule has 7 heteroatoms. The molecular formula is C15H15F3N2O2. The van der Waals surface area contributed by atoms with E-state index in [1.54, 1.807) is 14.0 Å². The van der Waals surface area contributed by atoms with Gasteiger partial charge in [0.15, 0.2) is 0 Å². The number of nitrogen functional groups attached to an aromatic ring is 1. The van der Waals surface area contributed by atoms with E-state index in [9.17, 15) is 18.0 Å². The van der Waals surface area contributed by atoms with Crippen molar-refractivity contribution >= 4 is 11.8 Å². The number of nitrogens with zero attached hydrogens (tertiary/aromatic N) is 1. The fourth-order valence-corrected chi connectivity index (χ4v) is 2.10. The zero-order chi connectivity index (χ0) is 16.5. The monoisotopic (exact) mass is 312 g/mol. The molecule has 4 nitrogen and oxygen atoms in total. The van der Waals surface area contributed by atoms with E-state index in [0.717, 1.165) is 12.1 Å². The minimum absolute atomic E-state index is 0.194. The maximum atomic E-state index is 12.6. The minimum atomic E-state index is -4.39. The van der Waals surface area contributed by atoms with Crippen LogP contribution in [0.15, 0.2) is 30.3 Å². The number of nitrogens with two attached hydrogens (primary N) is 1. The summed E-state index contributed by atoms with van der Waals surface area (Å²) in [6, 6.07) is 6.17. The zero-order valence-corrected chi connectivity index (χ0v) is 12.1. The van der Waals surface area contributed by atoms with Crippen molar-refractivity contribution in [2.75, 3.05) is 12.3 Å². The lowest BCUT2D eigenvalue weighted by Gasteiger charge is -2.08. The van der Waals surface area contributed by atoms with E-state index in [4.69, 9.17) is 10.5 Å². The topological polar surface area (TPSA) is 57.2 Å². The molecule has 0 unspecified atom stereocenters. The second kappa shape index (κ2) is 5.75. The number of carbonyl (C=O) groups is 1. The van der Waals surface area contributed by atoms with Crippen LogP contribution in [0, 0.1) is 0 Å². The van der Waals surface area contributed by atoms with Gasteiger partial charge >= 0.3 is 12.1 Å². The van der Waals surface area contributed by atoms with Crippen molar-refractivity contribution in [3.8, 4) is 11.3 Å².